The lowest BCUT2D eigenvalue weighted by molar-refractivity contribution is -0.137. The number of hydrogen-bond acceptors (Lipinski definition) is 6. The van der Waals surface area contributed by atoms with Crippen molar-refractivity contribution in [2.45, 2.75) is 19.5 Å². The van der Waals surface area contributed by atoms with Gasteiger partial charge in [-0.1, -0.05) is 35.5 Å². The third kappa shape index (κ3) is 3.04. The third-order valence-corrected chi connectivity index (χ3v) is 4.05. The number of halogens is 3. The molecule has 0 amide bonds. The minimum Gasteiger partial charge on any atom is -0.375 e. The van der Waals surface area contributed by atoms with Crippen LogP contribution >= 0.6 is 11.3 Å². The number of rotatable bonds is 3. The van der Waals surface area contributed by atoms with Gasteiger partial charge in [-0.3, -0.25) is 0 Å². The first-order chi connectivity index (χ1) is 10.9. The van der Waals surface area contributed by atoms with Gasteiger partial charge in [0.1, 0.15) is 4.88 Å². The number of alkyl halides is 3. The van der Waals surface area contributed by atoms with Crippen molar-refractivity contribution in [3.63, 3.8) is 0 Å². The van der Waals surface area contributed by atoms with E-state index in [0.29, 0.717) is 22.0 Å². The van der Waals surface area contributed by atoms with Crippen LogP contribution in [-0.2, 0) is 12.6 Å². The van der Waals surface area contributed by atoms with Crippen molar-refractivity contribution >= 4 is 16.5 Å². The molecule has 0 unspecified atom stereocenters. The molecule has 0 atom stereocenters. The maximum absolute atomic E-state index is 12.6. The molecule has 0 aliphatic rings. The minimum atomic E-state index is -4.38. The molecule has 2 heterocycles. The lowest BCUT2D eigenvalue weighted by Crippen LogP contribution is -2.04. The zero-order valence-electron chi connectivity index (χ0n) is 11.9. The second-order valence-electron chi connectivity index (χ2n) is 4.68. The smallest absolute Gasteiger partial charge is 0.375 e. The van der Waals surface area contributed by atoms with E-state index in [4.69, 9.17) is 10.3 Å². The monoisotopic (exact) mass is 340 g/mol. The standard InChI is InChI=1S/C14H11F3N4OS/c1-2-9-10(23-13(18)19-9)12-20-11(21-22-12)7-3-5-8(6-4-7)14(15,16)17/h3-6H,2H2,1H3,(H2,18,19). The Morgan fingerprint density at radius 1 is 1.17 bits per heavy atom. The highest BCUT2D eigenvalue weighted by Gasteiger charge is 2.30. The Kier molecular flexibility index (Phi) is 3.80. The topological polar surface area (TPSA) is 77.8 Å². The average molecular weight is 340 g/mol. The molecule has 0 bridgehead atoms. The van der Waals surface area contributed by atoms with Crippen molar-refractivity contribution in [1.82, 2.24) is 15.1 Å². The van der Waals surface area contributed by atoms with E-state index in [1.807, 2.05) is 6.92 Å². The Balaban J connectivity index is 1.93. The van der Waals surface area contributed by atoms with Crippen molar-refractivity contribution in [2.75, 3.05) is 5.73 Å². The molecule has 0 aliphatic heterocycles. The summed E-state index contributed by atoms with van der Waals surface area (Å²) < 4.78 is 42.9. The Morgan fingerprint density at radius 3 is 2.48 bits per heavy atom. The maximum atomic E-state index is 12.6. The van der Waals surface area contributed by atoms with E-state index in [2.05, 4.69) is 15.1 Å². The molecule has 0 radical (unpaired) electrons. The van der Waals surface area contributed by atoms with Gasteiger partial charge < -0.3 is 10.3 Å². The second kappa shape index (κ2) is 5.65. The van der Waals surface area contributed by atoms with Crippen molar-refractivity contribution in [3.05, 3.63) is 35.5 Å². The fraction of sp³-hybridized carbons (Fsp3) is 0.214. The summed E-state index contributed by atoms with van der Waals surface area (Å²) in [6.45, 7) is 1.92. The number of thiazole rings is 1. The molecule has 3 aromatic rings. The molecule has 0 saturated heterocycles. The SMILES string of the molecule is CCc1nc(N)sc1-c1nc(-c2ccc(C(F)(F)F)cc2)no1. The molecule has 0 fully saturated rings. The summed E-state index contributed by atoms with van der Waals surface area (Å²) in [5.41, 5.74) is 6.13. The van der Waals surface area contributed by atoms with Gasteiger partial charge in [-0.2, -0.15) is 18.2 Å². The molecule has 0 aliphatic carbocycles. The van der Waals surface area contributed by atoms with Crippen molar-refractivity contribution in [2.24, 2.45) is 0 Å². The first-order valence-corrected chi connectivity index (χ1v) is 7.47. The predicted octanol–water partition coefficient (Wildman–Crippen LogP) is 4.02. The molecule has 2 N–H and O–H groups in total. The van der Waals surface area contributed by atoms with E-state index in [1.54, 1.807) is 0 Å². The molecular weight excluding hydrogens is 329 g/mol. The third-order valence-electron chi connectivity index (χ3n) is 3.14. The van der Waals surface area contributed by atoms with Crippen LogP contribution in [0.3, 0.4) is 0 Å². The quantitative estimate of drug-likeness (QED) is 0.779. The number of benzene rings is 1. The van der Waals surface area contributed by atoms with Gasteiger partial charge in [-0.25, -0.2) is 4.98 Å². The van der Waals surface area contributed by atoms with Crippen LogP contribution in [0.2, 0.25) is 0 Å². The fourth-order valence-corrected chi connectivity index (χ4v) is 2.86. The summed E-state index contributed by atoms with van der Waals surface area (Å²) >= 11 is 1.23. The van der Waals surface area contributed by atoms with Gasteiger partial charge >= 0.3 is 6.18 Å². The molecule has 3 rings (SSSR count). The zero-order chi connectivity index (χ0) is 16.6. The Bertz CT molecular complexity index is 823. The van der Waals surface area contributed by atoms with Gasteiger partial charge in [-0.05, 0) is 18.6 Å². The highest BCUT2D eigenvalue weighted by atomic mass is 32.1. The summed E-state index contributed by atoms with van der Waals surface area (Å²) in [4.78, 5) is 9.07. The Morgan fingerprint density at radius 2 is 1.87 bits per heavy atom. The molecular formula is C14H11F3N4OS. The van der Waals surface area contributed by atoms with E-state index in [0.717, 1.165) is 17.8 Å². The van der Waals surface area contributed by atoms with E-state index >= 15 is 0 Å². The second-order valence-corrected chi connectivity index (χ2v) is 5.71. The van der Waals surface area contributed by atoms with Crippen molar-refractivity contribution in [1.29, 1.82) is 0 Å². The van der Waals surface area contributed by atoms with Crippen LogP contribution in [0.5, 0.6) is 0 Å². The van der Waals surface area contributed by atoms with Gasteiger partial charge in [0, 0.05) is 5.56 Å². The normalized spacial score (nSPS) is 11.8. The summed E-state index contributed by atoms with van der Waals surface area (Å²) in [6.07, 6.45) is -3.72. The van der Waals surface area contributed by atoms with Crippen LogP contribution in [0.4, 0.5) is 18.3 Å². The Labute approximate surface area is 133 Å². The first kappa shape index (κ1) is 15.5. The number of nitrogens with zero attached hydrogens (tertiary/aromatic N) is 3. The summed E-state index contributed by atoms with van der Waals surface area (Å²) in [5, 5.41) is 4.20. The molecule has 0 spiro atoms. The number of nitrogens with two attached hydrogens (primary N) is 1. The van der Waals surface area contributed by atoms with Crippen LogP contribution in [0.25, 0.3) is 22.2 Å². The average Bonchev–Trinajstić information content (AvgIpc) is 3.12. The molecule has 0 saturated carbocycles. The van der Waals surface area contributed by atoms with Crippen LogP contribution in [0.1, 0.15) is 18.2 Å². The molecule has 120 valence electrons. The van der Waals surface area contributed by atoms with Gasteiger partial charge in [0.15, 0.2) is 5.13 Å². The highest BCUT2D eigenvalue weighted by molar-refractivity contribution is 7.18. The zero-order valence-corrected chi connectivity index (χ0v) is 12.7. The number of aromatic nitrogens is 3. The predicted molar refractivity (Wildman–Crippen MR) is 79.6 cm³/mol. The van der Waals surface area contributed by atoms with E-state index < -0.39 is 11.7 Å². The molecule has 2 aromatic heterocycles. The van der Waals surface area contributed by atoms with Crippen LogP contribution < -0.4 is 5.73 Å². The largest absolute Gasteiger partial charge is 0.416 e. The van der Waals surface area contributed by atoms with Crippen LogP contribution in [-0.4, -0.2) is 15.1 Å². The van der Waals surface area contributed by atoms with Crippen molar-refractivity contribution < 1.29 is 17.7 Å². The fourth-order valence-electron chi connectivity index (χ4n) is 2.02. The highest BCUT2D eigenvalue weighted by Crippen LogP contribution is 2.33. The molecule has 1 aromatic carbocycles. The van der Waals surface area contributed by atoms with Crippen LogP contribution in [0, 0.1) is 0 Å². The van der Waals surface area contributed by atoms with Gasteiger partial charge in [0.25, 0.3) is 5.89 Å². The van der Waals surface area contributed by atoms with Crippen molar-refractivity contribution in [3.8, 4) is 22.2 Å². The maximum Gasteiger partial charge on any atom is 0.416 e. The van der Waals surface area contributed by atoms with E-state index in [-0.39, 0.29) is 11.7 Å². The van der Waals surface area contributed by atoms with Gasteiger partial charge in [-0.15, -0.1) is 0 Å². The molecule has 5 nitrogen and oxygen atoms in total. The summed E-state index contributed by atoms with van der Waals surface area (Å²) in [7, 11) is 0. The molecule has 9 heteroatoms. The summed E-state index contributed by atoms with van der Waals surface area (Å²) in [6, 6.07) is 4.57. The van der Waals surface area contributed by atoms with Gasteiger partial charge in [0.2, 0.25) is 5.82 Å². The summed E-state index contributed by atoms with van der Waals surface area (Å²) in [5.74, 6) is 0.466. The Hall–Kier alpha value is -2.42. The number of hydrogen-bond donors (Lipinski definition) is 1. The number of nitrogen functional groups attached to an aromatic ring is 1. The lowest BCUT2D eigenvalue weighted by Gasteiger charge is -2.05. The molecule has 23 heavy (non-hydrogen) atoms. The van der Waals surface area contributed by atoms with E-state index in [9.17, 15) is 13.2 Å². The van der Waals surface area contributed by atoms with Gasteiger partial charge in [0.05, 0.1) is 11.3 Å². The van der Waals surface area contributed by atoms with Crippen LogP contribution in [0.15, 0.2) is 28.8 Å². The number of anilines is 1. The minimum absolute atomic E-state index is 0.211. The lowest BCUT2D eigenvalue weighted by atomic mass is 10.1. The number of aryl methyl sites for hydroxylation is 1. The van der Waals surface area contributed by atoms with E-state index in [1.165, 1.54) is 23.5 Å². The first-order valence-electron chi connectivity index (χ1n) is 6.65.